The molecule has 2 aliphatic rings. The number of pyridine rings is 1. The minimum atomic E-state index is -0.352. The van der Waals surface area contributed by atoms with Crippen molar-refractivity contribution in [2.45, 2.75) is 51.5 Å². The van der Waals surface area contributed by atoms with Crippen molar-refractivity contribution < 1.29 is 9.53 Å². The fourth-order valence-electron chi connectivity index (χ4n) is 5.24. The highest BCUT2D eigenvalue weighted by molar-refractivity contribution is 5.96. The zero-order chi connectivity index (χ0) is 25.6. The van der Waals surface area contributed by atoms with Crippen LogP contribution in [-0.2, 0) is 11.2 Å². The Morgan fingerprint density at radius 1 is 1.11 bits per heavy atom. The molecule has 9 heteroatoms. The number of carbonyl (C=O) groups is 1. The summed E-state index contributed by atoms with van der Waals surface area (Å²) >= 11 is 0. The van der Waals surface area contributed by atoms with E-state index in [1.54, 1.807) is 12.4 Å². The lowest BCUT2D eigenvalue weighted by Crippen LogP contribution is -2.37. The maximum absolute atomic E-state index is 13.2. The molecular weight excluding hydrogens is 468 g/mol. The molecule has 5 rings (SSSR count). The van der Waals surface area contributed by atoms with Crippen molar-refractivity contribution in [3.8, 4) is 0 Å². The van der Waals surface area contributed by atoms with E-state index in [1.807, 2.05) is 23.6 Å². The fraction of sp³-hybridized carbons (Fsp3) is 0.500. The van der Waals surface area contributed by atoms with Gasteiger partial charge in [0.2, 0.25) is 11.4 Å². The quantitative estimate of drug-likeness (QED) is 0.483. The van der Waals surface area contributed by atoms with E-state index in [9.17, 15) is 9.59 Å². The number of nitrogens with one attached hydrogen (secondary N) is 2. The SMILES string of the molecule is CCNC(=O)c1cn(C2CCCCC2)c2nc(Nc3ccc(CCN4CCOCC4)cc3)ncc2c1=O. The number of amides is 1. The molecule has 0 atom stereocenters. The molecule has 196 valence electrons. The topological polar surface area (TPSA) is 101 Å². The lowest BCUT2D eigenvalue weighted by molar-refractivity contribution is 0.0384. The molecular formula is C28H36N6O3. The summed E-state index contributed by atoms with van der Waals surface area (Å²) in [6, 6.07) is 8.53. The number of ether oxygens (including phenoxy) is 1. The molecule has 3 heterocycles. The first-order chi connectivity index (χ1) is 18.1. The maximum Gasteiger partial charge on any atom is 0.256 e. The van der Waals surface area contributed by atoms with Crippen molar-refractivity contribution in [1.82, 2.24) is 24.8 Å². The molecule has 0 unspecified atom stereocenters. The van der Waals surface area contributed by atoms with Crippen LogP contribution in [0.2, 0.25) is 0 Å². The Morgan fingerprint density at radius 3 is 2.59 bits per heavy atom. The molecule has 1 amide bonds. The Kier molecular flexibility index (Phi) is 8.11. The molecule has 1 saturated carbocycles. The minimum Gasteiger partial charge on any atom is -0.379 e. The highest BCUT2D eigenvalue weighted by Gasteiger charge is 2.22. The van der Waals surface area contributed by atoms with E-state index in [-0.39, 0.29) is 22.9 Å². The van der Waals surface area contributed by atoms with Crippen LogP contribution in [0.15, 0.2) is 41.5 Å². The summed E-state index contributed by atoms with van der Waals surface area (Å²) in [5.41, 5.74) is 2.56. The van der Waals surface area contributed by atoms with Crippen LogP contribution in [0.4, 0.5) is 11.6 Å². The average molecular weight is 505 g/mol. The molecule has 37 heavy (non-hydrogen) atoms. The summed E-state index contributed by atoms with van der Waals surface area (Å²) in [4.78, 5) is 37.4. The molecule has 9 nitrogen and oxygen atoms in total. The van der Waals surface area contributed by atoms with E-state index in [4.69, 9.17) is 9.72 Å². The summed E-state index contributed by atoms with van der Waals surface area (Å²) in [7, 11) is 0. The predicted octanol–water partition coefficient (Wildman–Crippen LogP) is 3.66. The molecule has 2 fully saturated rings. The molecule has 1 aliphatic heterocycles. The van der Waals surface area contributed by atoms with E-state index in [2.05, 4.69) is 32.7 Å². The second-order valence-electron chi connectivity index (χ2n) is 9.89. The molecule has 2 N–H and O–H groups in total. The van der Waals surface area contributed by atoms with E-state index in [1.165, 1.54) is 12.0 Å². The van der Waals surface area contributed by atoms with Gasteiger partial charge in [0.05, 0.1) is 18.6 Å². The zero-order valence-corrected chi connectivity index (χ0v) is 21.5. The van der Waals surface area contributed by atoms with Gasteiger partial charge in [-0.25, -0.2) is 4.98 Å². The average Bonchev–Trinajstić information content (AvgIpc) is 2.94. The van der Waals surface area contributed by atoms with Crippen LogP contribution in [0.1, 0.15) is 61.0 Å². The van der Waals surface area contributed by atoms with Gasteiger partial charge in [-0.2, -0.15) is 4.98 Å². The van der Waals surface area contributed by atoms with Crippen LogP contribution >= 0.6 is 0 Å². The first kappa shape index (κ1) is 25.4. The van der Waals surface area contributed by atoms with Crippen molar-refractivity contribution in [3.05, 3.63) is 58.0 Å². The molecule has 2 aromatic heterocycles. The lowest BCUT2D eigenvalue weighted by atomic mass is 9.95. The normalized spacial score (nSPS) is 17.1. The van der Waals surface area contributed by atoms with Crippen molar-refractivity contribution in [2.24, 2.45) is 0 Å². The number of aromatic nitrogens is 3. The van der Waals surface area contributed by atoms with Crippen molar-refractivity contribution in [2.75, 3.05) is 44.7 Å². The third-order valence-electron chi connectivity index (χ3n) is 7.35. The van der Waals surface area contributed by atoms with Gasteiger partial charge in [0, 0.05) is 50.3 Å². The van der Waals surface area contributed by atoms with Gasteiger partial charge in [-0.05, 0) is 43.9 Å². The molecule has 0 bridgehead atoms. The Morgan fingerprint density at radius 2 is 1.86 bits per heavy atom. The molecule has 1 saturated heterocycles. The van der Waals surface area contributed by atoms with Crippen LogP contribution in [0.5, 0.6) is 0 Å². The maximum atomic E-state index is 13.2. The molecule has 3 aromatic rings. The lowest BCUT2D eigenvalue weighted by Gasteiger charge is -2.26. The molecule has 1 aliphatic carbocycles. The van der Waals surface area contributed by atoms with Gasteiger partial charge in [-0.3, -0.25) is 14.5 Å². The Bertz CT molecular complexity index is 1280. The number of carbonyl (C=O) groups excluding carboxylic acids is 1. The monoisotopic (exact) mass is 504 g/mol. The first-order valence-electron chi connectivity index (χ1n) is 13.5. The second-order valence-corrected chi connectivity index (χ2v) is 9.89. The second kappa shape index (κ2) is 11.8. The Balaban J connectivity index is 1.38. The summed E-state index contributed by atoms with van der Waals surface area (Å²) in [6.45, 7) is 6.96. The van der Waals surface area contributed by atoms with Crippen LogP contribution < -0.4 is 16.1 Å². The standard InChI is InChI=1S/C28H36N6O3/c1-2-29-27(36)24-19-34(22-6-4-3-5-7-22)26-23(25(24)35)18-30-28(32-26)31-21-10-8-20(9-11-21)12-13-33-14-16-37-17-15-33/h8-11,18-19,22H,2-7,12-17H2,1H3,(H,29,36)(H,30,31,32). The highest BCUT2D eigenvalue weighted by Crippen LogP contribution is 2.30. The van der Waals surface area contributed by atoms with Crippen LogP contribution in [0.25, 0.3) is 11.0 Å². The highest BCUT2D eigenvalue weighted by atomic mass is 16.5. The minimum absolute atomic E-state index is 0.150. The number of nitrogens with zero attached hydrogens (tertiary/aromatic N) is 4. The van der Waals surface area contributed by atoms with Crippen molar-refractivity contribution >= 4 is 28.6 Å². The molecule has 1 aromatic carbocycles. The smallest absolute Gasteiger partial charge is 0.256 e. The number of rotatable bonds is 8. The Labute approximate surface area is 217 Å². The number of fused-ring (bicyclic) bond motifs is 1. The van der Waals surface area contributed by atoms with Gasteiger partial charge in [0.1, 0.15) is 11.2 Å². The summed E-state index contributed by atoms with van der Waals surface area (Å²) in [6.07, 6.45) is 9.72. The number of morpholine rings is 1. The molecule has 0 spiro atoms. The van der Waals surface area contributed by atoms with Crippen molar-refractivity contribution in [1.29, 1.82) is 0 Å². The fourth-order valence-corrected chi connectivity index (χ4v) is 5.24. The number of hydrogen-bond donors (Lipinski definition) is 2. The largest absolute Gasteiger partial charge is 0.379 e. The van der Waals surface area contributed by atoms with Gasteiger partial charge in [0.15, 0.2) is 0 Å². The summed E-state index contributed by atoms with van der Waals surface area (Å²) < 4.78 is 7.46. The van der Waals surface area contributed by atoms with Crippen LogP contribution in [0, 0.1) is 0 Å². The van der Waals surface area contributed by atoms with Crippen molar-refractivity contribution in [3.63, 3.8) is 0 Å². The van der Waals surface area contributed by atoms with Gasteiger partial charge >= 0.3 is 0 Å². The van der Waals surface area contributed by atoms with Gasteiger partial charge in [-0.1, -0.05) is 31.4 Å². The number of benzene rings is 1. The summed E-state index contributed by atoms with van der Waals surface area (Å²) in [5, 5.41) is 6.43. The number of anilines is 2. The summed E-state index contributed by atoms with van der Waals surface area (Å²) in [5.74, 6) is 0.0816. The Hall–Kier alpha value is -3.30. The first-order valence-corrected chi connectivity index (χ1v) is 13.5. The zero-order valence-electron chi connectivity index (χ0n) is 21.5. The van der Waals surface area contributed by atoms with E-state index >= 15 is 0 Å². The third kappa shape index (κ3) is 5.99. The van der Waals surface area contributed by atoms with E-state index < -0.39 is 0 Å². The van der Waals surface area contributed by atoms with Crippen LogP contribution in [0.3, 0.4) is 0 Å². The van der Waals surface area contributed by atoms with E-state index in [0.717, 1.165) is 70.6 Å². The van der Waals surface area contributed by atoms with Gasteiger partial charge in [-0.15, -0.1) is 0 Å². The van der Waals surface area contributed by atoms with Gasteiger partial charge < -0.3 is 19.9 Å². The number of hydrogen-bond acceptors (Lipinski definition) is 7. The van der Waals surface area contributed by atoms with E-state index in [0.29, 0.717) is 23.5 Å². The predicted molar refractivity (Wildman–Crippen MR) is 145 cm³/mol. The third-order valence-corrected chi connectivity index (χ3v) is 7.35. The van der Waals surface area contributed by atoms with Crippen LogP contribution in [-0.4, -0.2) is 64.7 Å². The van der Waals surface area contributed by atoms with Gasteiger partial charge in [0.25, 0.3) is 5.91 Å². The molecule has 0 radical (unpaired) electrons.